The minimum absolute atomic E-state index is 0.560. The Kier molecular flexibility index (Phi) is 10.8. The lowest BCUT2D eigenvalue weighted by atomic mass is 10.1. The molecule has 1 nitrogen and oxygen atoms in total. The summed E-state index contributed by atoms with van der Waals surface area (Å²) in [7, 11) is 0. The number of aryl methyl sites for hydroxylation is 1. The fourth-order valence-electron chi connectivity index (χ4n) is 2.56. The molecule has 1 aromatic rings. The lowest BCUT2D eigenvalue weighted by Gasteiger charge is -2.10. The quantitative estimate of drug-likeness (QED) is 0.354. The van der Waals surface area contributed by atoms with Crippen molar-refractivity contribution in [2.75, 3.05) is 6.61 Å². The van der Waals surface area contributed by atoms with E-state index in [4.69, 9.17) is 27.9 Å². The molecule has 0 saturated heterocycles. The zero-order valence-corrected chi connectivity index (χ0v) is 15.6. The lowest BCUT2D eigenvalue weighted by Crippen LogP contribution is -1.99. The smallest absolute Gasteiger partial charge is 0.123 e. The first-order valence-corrected chi connectivity index (χ1v) is 9.49. The molecule has 1 rings (SSSR count). The topological polar surface area (TPSA) is 9.23 Å². The maximum absolute atomic E-state index is 6.02. The highest BCUT2D eigenvalue weighted by molar-refractivity contribution is 6.42. The van der Waals surface area contributed by atoms with Gasteiger partial charge in [0.1, 0.15) is 5.75 Å². The van der Waals surface area contributed by atoms with Crippen LogP contribution in [0.1, 0.15) is 76.7 Å². The molecule has 0 aliphatic rings. The molecule has 0 radical (unpaired) electrons. The molecule has 0 aliphatic heterocycles. The average Bonchev–Trinajstić information content (AvgIpc) is 2.49. The number of halogens is 2. The first-order chi connectivity index (χ1) is 10.6. The molecule has 0 heterocycles. The molecule has 0 aliphatic carbocycles. The van der Waals surface area contributed by atoms with E-state index in [2.05, 4.69) is 6.92 Å². The van der Waals surface area contributed by atoms with Crippen molar-refractivity contribution in [2.45, 2.75) is 78.1 Å². The van der Waals surface area contributed by atoms with Crippen LogP contribution in [0, 0.1) is 6.92 Å². The summed E-state index contributed by atoms with van der Waals surface area (Å²) in [6.45, 7) is 5.02. The van der Waals surface area contributed by atoms with Crippen molar-refractivity contribution in [3.8, 4) is 5.75 Å². The second kappa shape index (κ2) is 12.1. The Bertz CT molecular complexity index is 418. The molecule has 0 amide bonds. The van der Waals surface area contributed by atoms with Gasteiger partial charge < -0.3 is 4.74 Å². The lowest BCUT2D eigenvalue weighted by molar-refractivity contribution is 0.302. The highest BCUT2D eigenvalue weighted by atomic mass is 35.5. The highest BCUT2D eigenvalue weighted by Crippen LogP contribution is 2.30. The Morgan fingerprint density at radius 1 is 0.773 bits per heavy atom. The summed E-state index contributed by atoms with van der Waals surface area (Å²) in [5.41, 5.74) is 1.04. The number of rotatable bonds is 12. The van der Waals surface area contributed by atoms with E-state index in [1.54, 1.807) is 0 Å². The minimum atomic E-state index is 0.560. The van der Waals surface area contributed by atoms with Gasteiger partial charge in [0.25, 0.3) is 0 Å². The second-order valence-corrected chi connectivity index (χ2v) is 6.88. The summed E-state index contributed by atoms with van der Waals surface area (Å²) in [6, 6.07) is 3.67. The first-order valence-electron chi connectivity index (χ1n) is 8.73. The van der Waals surface area contributed by atoms with Gasteiger partial charge in [-0.3, -0.25) is 0 Å². The van der Waals surface area contributed by atoms with Crippen LogP contribution in [-0.4, -0.2) is 6.61 Å². The third-order valence-corrected chi connectivity index (χ3v) is 4.70. The highest BCUT2D eigenvalue weighted by Gasteiger charge is 2.05. The van der Waals surface area contributed by atoms with Crippen molar-refractivity contribution >= 4 is 23.2 Å². The number of hydrogen-bond donors (Lipinski definition) is 0. The van der Waals surface area contributed by atoms with Crippen LogP contribution in [0.15, 0.2) is 12.1 Å². The van der Waals surface area contributed by atoms with Crippen LogP contribution in [0.3, 0.4) is 0 Å². The predicted octanol–water partition coefficient (Wildman–Crippen LogP) is 7.60. The van der Waals surface area contributed by atoms with Crippen molar-refractivity contribution in [1.29, 1.82) is 0 Å². The van der Waals surface area contributed by atoms with Gasteiger partial charge in [-0.2, -0.15) is 0 Å². The van der Waals surface area contributed by atoms with E-state index in [-0.39, 0.29) is 0 Å². The van der Waals surface area contributed by atoms with Gasteiger partial charge >= 0.3 is 0 Å². The van der Waals surface area contributed by atoms with Crippen molar-refractivity contribution in [1.82, 2.24) is 0 Å². The zero-order chi connectivity index (χ0) is 16.2. The Hall–Kier alpha value is -0.400. The van der Waals surface area contributed by atoms with Crippen LogP contribution in [0.4, 0.5) is 0 Å². The standard InChI is InChI=1S/C19H30Cl2O/c1-3-4-5-6-7-8-9-10-11-12-13-22-19-15-18(21)17(20)14-16(19)2/h14-15H,3-13H2,1-2H3. The van der Waals surface area contributed by atoms with E-state index in [0.29, 0.717) is 10.0 Å². The molecule has 0 fully saturated rings. The van der Waals surface area contributed by atoms with Gasteiger partial charge in [-0.15, -0.1) is 0 Å². The SMILES string of the molecule is CCCCCCCCCCCCOc1cc(Cl)c(Cl)cc1C. The molecule has 0 unspecified atom stereocenters. The molecule has 1 aromatic carbocycles. The monoisotopic (exact) mass is 344 g/mol. The van der Waals surface area contributed by atoms with Crippen molar-refractivity contribution in [3.05, 3.63) is 27.7 Å². The van der Waals surface area contributed by atoms with Crippen LogP contribution in [0.5, 0.6) is 5.75 Å². The van der Waals surface area contributed by atoms with Gasteiger partial charge in [-0.1, -0.05) is 87.9 Å². The van der Waals surface area contributed by atoms with Gasteiger partial charge in [0, 0.05) is 6.07 Å². The van der Waals surface area contributed by atoms with E-state index in [0.717, 1.165) is 24.3 Å². The fraction of sp³-hybridized carbons (Fsp3) is 0.684. The van der Waals surface area contributed by atoms with E-state index >= 15 is 0 Å². The Labute approximate surface area is 146 Å². The molecular weight excluding hydrogens is 315 g/mol. The van der Waals surface area contributed by atoms with Gasteiger partial charge in [-0.05, 0) is 25.0 Å². The van der Waals surface area contributed by atoms with Crippen LogP contribution in [0.2, 0.25) is 10.0 Å². The molecular formula is C19H30Cl2O. The van der Waals surface area contributed by atoms with E-state index in [1.807, 2.05) is 19.1 Å². The van der Waals surface area contributed by atoms with E-state index < -0.39 is 0 Å². The molecule has 0 spiro atoms. The zero-order valence-electron chi connectivity index (χ0n) is 14.1. The summed E-state index contributed by atoms with van der Waals surface area (Å²) in [6.07, 6.45) is 13.4. The molecule has 0 atom stereocenters. The number of hydrogen-bond acceptors (Lipinski definition) is 1. The van der Waals surface area contributed by atoms with Crippen LogP contribution in [0.25, 0.3) is 0 Å². The minimum Gasteiger partial charge on any atom is -0.493 e. The first kappa shape index (κ1) is 19.6. The van der Waals surface area contributed by atoms with Crippen LogP contribution in [-0.2, 0) is 0 Å². The van der Waals surface area contributed by atoms with Crippen molar-refractivity contribution in [2.24, 2.45) is 0 Å². The van der Waals surface area contributed by atoms with Gasteiger partial charge in [0.05, 0.1) is 16.7 Å². The van der Waals surface area contributed by atoms with Crippen molar-refractivity contribution < 1.29 is 4.74 Å². The van der Waals surface area contributed by atoms with Crippen molar-refractivity contribution in [3.63, 3.8) is 0 Å². The number of ether oxygens (including phenoxy) is 1. The summed E-state index contributed by atoms with van der Waals surface area (Å²) < 4.78 is 5.80. The van der Waals surface area contributed by atoms with Crippen LogP contribution < -0.4 is 4.74 Å². The summed E-state index contributed by atoms with van der Waals surface area (Å²) >= 11 is 12.0. The molecule has 3 heteroatoms. The van der Waals surface area contributed by atoms with E-state index in [9.17, 15) is 0 Å². The second-order valence-electron chi connectivity index (χ2n) is 6.06. The molecule has 22 heavy (non-hydrogen) atoms. The molecule has 0 saturated carbocycles. The van der Waals surface area contributed by atoms with Gasteiger partial charge in [-0.25, -0.2) is 0 Å². The predicted molar refractivity (Wildman–Crippen MR) is 98.5 cm³/mol. The molecule has 126 valence electrons. The maximum Gasteiger partial charge on any atom is 0.123 e. The Morgan fingerprint density at radius 2 is 1.27 bits per heavy atom. The van der Waals surface area contributed by atoms with Crippen LogP contribution >= 0.6 is 23.2 Å². The number of benzene rings is 1. The largest absolute Gasteiger partial charge is 0.493 e. The third-order valence-electron chi connectivity index (χ3n) is 3.97. The van der Waals surface area contributed by atoms with E-state index in [1.165, 1.54) is 57.8 Å². The third kappa shape index (κ3) is 8.29. The molecule has 0 N–H and O–H groups in total. The summed E-state index contributed by atoms with van der Waals surface area (Å²) in [5, 5.41) is 1.15. The Morgan fingerprint density at radius 3 is 1.86 bits per heavy atom. The molecule has 0 aromatic heterocycles. The molecule has 0 bridgehead atoms. The maximum atomic E-state index is 6.02. The Balaban J connectivity index is 2.01. The number of unbranched alkanes of at least 4 members (excludes halogenated alkanes) is 9. The van der Waals surface area contributed by atoms with Gasteiger partial charge in [0.2, 0.25) is 0 Å². The fourth-order valence-corrected chi connectivity index (χ4v) is 2.93. The average molecular weight is 345 g/mol. The van der Waals surface area contributed by atoms with Gasteiger partial charge in [0.15, 0.2) is 0 Å². The normalized spacial score (nSPS) is 10.9. The summed E-state index contributed by atoms with van der Waals surface area (Å²) in [5.74, 6) is 0.852. The summed E-state index contributed by atoms with van der Waals surface area (Å²) in [4.78, 5) is 0.